The Kier molecular flexibility index (Phi) is 7.26. The Balaban J connectivity index is 1.52. The Morgan fingerprint density at radius 2 is 1.30 bits per heavy atom. The lowest BCUT2D eigenvalue weighted by Gasteiger charge is -2.41. The third kappa shape index (κ3) is 4.84. The topological polar surface area (TPSA) is 44.1 Å². The highest BCUT2D eigenvalue weighted by Gasteiger charge is 2.42. The molecule has 0 atom stereocenters. The number of likely N-dealkylation sites (tertiary alicyclic amines) is 1. The van der Waals surface area contributed by atoms with Crippen LogP contribution in [0.4, 0.5) is 0 Å². The number of rotatable bonds is 6. The normalized spacial score (nSPS) is 15.1. The first kappa shape index (κ1) is 25.0. The number of carbonyl (C=O) groups is 1. The number of nitrogens with zero attached hydrogens (tertiary/aromatic N) is 2. The summed E-state index contributed by atoms with van der Waals surface area (Å²) in [5, 5.41) is 10.1. The van der Waals surface area contributed by atoms with Crippen LogP contribution in [0.15, 0.2) is 120 Å². The van der Waals surface area contributed by atoms with Crippen LogP contribution in [0.1, 0.15) is 41.5 Å². The van der Waals surface area contributed by atoms with Crippen molar-refractivity contribution in [1.29, 1.82) is 5.26 Å². The van der Waals surface area contributed by atoms with Gasteiger partial charge in [-0.05, 0) is 47.2 Å². The number of carbonyl (C=O) groups excluding carboxylic acids is 1. The number of benzene rings is 4. The van der Waals surface area contributed by atoms with Crippen LogP contribution >= 0.6 is 15.9 Å². The maximum atomic E-state index is 14.1. The summed E-state index contributed by atoms with van der Waals surface area (Å²) in [4.78, 5) is 16.0. The number of halogens is 1. The zero-order valence-corrected chi connectivity index (χ0v) is 22.3. The van der Waals surface area contributed by atoms with E-state index in [9.17, 15) is 10.1 Å². The van der Waals surface area contributed by atoms with Gasteiger partial charge in [-0.3, -0.25) is 4.79 Å². The van der Waals surface area contributed by atoms with E-state index in [0.717, 1.165) is 26.7 Å². The molecule has 0 unspecified atom stereocenters. The minimum Gasteiger partial charge on any atom is -0.343 e. The quantitative estimate of drug-likeness (QED) is 0.238. The first-order chi connectivity index (χ1) is 18.1. The van der Waals surface area contributed by atoms with Crippen molar-refractivity contribution in [1.82, 2.24) is 4.90 Å². The molecule has 1 aliphatic heterocycles. The van der Waals surface area contributed by atoms with E-state index < -0.39 is 10.8 Å². The third-order valence-electron chi connectivity index (χ3n) is 7.78. The lowest BCUT2D eigenvalue weighted by molar-refractivity contribution is -0.133. The summed E-state index contributed by atoms with van der Waals surface area (Å²) in [7, 11) is 0. The van der Waals surface area contributed by atoms with Gasteiger partial charge in [0, 0.05) is 24.0 Å². The molecule has 1 amide bonds. The molecule has 0 saturated carbocycles. The molecule has 1 heterocycles. The second kappa shape index (κ2) is 10.7. The fraction of sp³-hybridized carbons (Fsp3) is 0.212. The molecule has 0 spiro atoms. The van der Waals surface area contributed by atoms with Crippen LogP contribution in [0, 0.1) is 11.3 Å². The van der Waals surface area contributed by atoms with Gasteiger partial charge in [-0.25, -0.2) is 0 Å². The van der Waals surface area contributed by atoms with Crippen molar-refractivity contribution in [3.63, 3.8) is 0 Å². The van der Waals surface area contributed by atoms with Gasteiger partial charge < -0.3 is 4.90 Å². The Labute approximate surface area is 227 Å². The summed E-state index contributed by atoms with van der Waals surface area (Å²) >= 11 is 3.66. The summed E-state index contributed by atoms with van der Waals surface area (Å²) < 4.78 is 0.980. The van der Waals surface area contributed by atoms with Gasteiger partial charge in [-0.2, -0.15) is 5.26 Å². The first-order valence-corrected chi connectivity index (χ1v) is 13.5. The molecule has 37 heavy (non-hydrogen) atoms. The van der Waals surface area contributed by atoms with Crippen LogP contribution in [0.5, 0.6) is 0 Å². The predicted molar refractivity (Wildman–Crippen MR) is 151 cm³/mol. The van der Waals surface area contributed by atoms with Crippen molar-refractivity contribution >= 4 is 21.8 Å². The van der Waals surface area contributed by atoms with E-state index in [0.29, 0.717) is 32.4 Å². The lowest BCUT2D eigenvalue weighted by atomic mass is 9.67. The standard InChI is InChI=1S/C33H29BrN2O/c34-30-18-10-17-29(23-30)33(27-13-6-2-7-14-27,28-15-8-3-9-16-28)24-31(37)36-21-19-32(25-35,20-22-36)26-11-4-1-5-12-26/h1-18,23H,19-22,24H2. The smallest absolute Gasteiger partial charge is 0.224 e. The predicted octanol–water partition coefficient (Wildman–Crippen LogP) is 7.26. The number of piperidine rings is 1. The Hall–Kier alpha value is -3.68. The molecule has 4 aromatic rings. The molecule has 0 aliphatic carbocycles. The fourth-order valence-corrected chi connectivity index (χ4v) is 6.10. The second-order valence-electron chi connectivity index (χ2n) is 9.77. The molecule has 0 N–H and O–H groups in total. The molecule has 1 fully saturated rings. The van der Waals surface area contributed by atoms with E-state index in [2.05, 4.69) is 58.4 Å². The molecule has 1 saturated heterocycles. The first-order valence-electron chi connectivity index (χ1n) is 12.7. The number of hydrogen-bond donors (Lipinski definition) is 0. The van der Waals surface area contributed by atoms with Crippen molar-refractivity contribution in [2.24, 2.45) is 0 Å². The Morgan fingerprint density at radius 1 is 0.784 bits per heavy atom. The minimum absolute atomic E-state index is 0.104. The average molecular weight is 550 g/mol. The van der Waals surface area contributed by atoms with Gasteiger partial charge in [0.1, 0.15) is 0 Å². The molecule has 4 heteroatoms. The summed E-state index contributed by atoms with van der Waals surface area (Å²) in [6, 6.07) is 41.5. The van der Waals surface area contributed by atoms with E-state index in [1.807, 2.05) is 83.8 Å². The van der Waals surface area contributed by atoms with E-state index in [4.69, 9.17) is 0 Å². The minimum atomic E-state index is -0.646. The molecule has 0 radical (unpaired) electrons. The van der Waals surface area contributed by atoms with E-state index in [-0.39, 0.29) is 5.91 Å². The zero-order chi connectivity index (χ0) is 25.7. The van der Waals surface area contributed by atoms with Gasteiger partial charge in [0.25, 0.3) is 0 Å². The molecular formula is C33H29BrN2O. The largest absolute Gasteiger partial charge is 0.343 e. The maximum absolute atomic E-state index is 14.1. The van der Waals surface area contributed by atoms with Crippen molar-refractivity contribution in [2.45, 2.75) is 30.1 Å². The second-order valence-corrected chi connectivity index (χ2v) is 10.7. The molecule has 0 aromatic heterocycles. The van der Waals surface area contributed by atoms with Gasteiger partial charge in [-0.15, -0.1) is 0 Å². The van der Waals surface area contributed by atoms with Gasteiger partial charge in [0.15, 0.2) is 0 Å². The van der Waals surface area contributed by atoms with Gasteiger partial charge in [0.05, 0.1) is 16.9 Å². The van der Waals surface area contributed by atoms with Crippen LogP contribution < -0.4 is 0 Å². The van der Waals surface area contributed by atoms with E-state index in [1.165, 1.54) is 0 Å². The molecule has 0 bridgehead atoms. The maximum Gasteiger partial charge on any atom is 0.224 e. The summed E-state index contributed by atoms with van der Waals surface area (Å²) in [6.45, 7) is 1.14. The lowest BCUT2D eigenvalue weighted by Crippen LogP contribution is -2.47. The van der Waals surface area contributed by atoms with Crippen molar-refractivity contribution in [3.8, 4) is 6.07 Å². The average Bonchev–Trinajstić information content (AvgIpc) is 2.97. The summed E-state index contributed by atoms with van der Waals surface area (Å²) in [6.07, 6.45) is 1.59. The SMILES string of the molecule is N#CC1(c2ccccc2)CCN(C(=O)CC(c2ccccc2)(c2ccccc2)c2cccc(Br)c2)CC1. The highest BCUT2D eigenvalue weighted by Crippen LogP contribution is 2.44. The fourth-order valence-electron chi connectivity index (χ4n) is 5.70. The monoisotopic (exact) mass is 548 g/mol. The van der Waals surface area contributed by atoms with Gasteiger partial charge >= 0.3 is 0 Å². The highest BCUT2D eigenvalue weighted by molar-refractivity contribution is 9.10. The number of hydrogen-bond acceptors (Lipinski definition) is 2. The van der Waals surface area contributed by atoms with Crippen molar-refractivity contribution in [3.05, 3.63) is 142 Å². The molecule has 4 aromatic carbocycles. The molecule has 184 valence electrons. The Morgan fingerprint density at radius 3 is 1.81 bits per heavy atom. The third-order valence-corrected chi connectivity index (χ3v) is 8.27. The van der Waals surface area contributed by atoms with Crippen molar-refractivity contribution < 1.29 is 4.79 Å². The van der Waals surface area contributed by atoms with Crippen LogP contribution in [0.2, 0.25) is 0 Å². The van der Waals surface area contributed by atoms with Crippen molar-refractivity contribution in [2.75, 3.05) is 13.1 Å². The van der Waals surface area contributed by atoms with Gasteiger partial charge in [-0.1, -0.05) is 119 Å². The van der Waals surface area contributed by atoms with Crippen LogP contribution in [-0.4, -0.2) is 23.9 Å². The molecule has 1 aliphatic rings. The molecule has 5 rings (SSSR count). The number of amides is 1. The van der Waals surface area contributed by atoms with Crippen LogP contribution in [0.25, 0.3) is 0 Å². The van der Waals surface area contributed by atoms with E-state index >= 15 is 0 Å². The zero-order valence-electron chi connectivity index (χ0n) is 20.7. The molecular weight excluding hydrogens is 520 g/mol. The Bertz CT molecular complexity index is 1350. The molecule has 3 nitrogen and oxygen atoms in total. The number of nitriles is 1. The van der Waals surface area contributed by atoms with Gasteiger partial charge in [0.2, 0.25) is 5.91 Å². The highest BCUT2D eigenvalue weighted by atomic mass is 79.9. The summed E-state index contributed by atoms with van der Waals surface area (Å²) in [5.41, 5.74) is 3.09. The van der Waals surface area contributed by atoms with E-state index in [1.54, 1.807) is 0 Å². The summed E-state index contributed by atoms with van der Waals surface area (Å²) in [5.74, 6) is 0.104. The van der Waals surface area contributed by atoms with Crippen LogP contribution in [0.3, 0.4) is 0 Å². The van der Waals surface area contributed by atoms with Crippen LogP contribution in [-0.2, 0) is 15.6 Å².